The molecule has 0 aliphatic heterocycles. The second kappa shape index (κ2) is 8.37. The smallest absolute Gasteiger partial charge is 0.197 e. The van der Waals surface area contributed by atoms with E-state index in [0.29, 0.717) is 25.8 Å². The van der Waals surface area contributed by atoms with Crippen LogP contribution in [0.25, 0.3) is 0 Å². The number of aliphatic imine (C=N–C) groups is 1. The van der Waals surface area contributed by atoms with Crippen LogP contribution in [-0.2, 0) is 0 Å². The van der Waals surface area contributed by atoms with Crippen LogP contribution in [-0.4, -0.2) is 19.7 Å². The van der Waals surface area contributed by atoms with Gasteiger partial charge in [0.15, 0.2) is 5.96 Å². The van der Waals surface area contributed by atoms with Crippen molar-refractivity contribution in [3.8, 4) is 0 Å². The van der Waals surface area contributed by atoms with Gasteiger partial charge in [-0.2, -0.15) is 0 Å². The zero-order valence-electron chi connectivity index (χ0n) is 12.5. The largest absolute Gasteiger partial charge is 0.369 e. The van der Waals surface area contributed by atoms with Gasteiger partial charge in [0.2, 0.25) is 0 Å². The summed E-state index contributed by atoms with van der Waals surface area (Å²) in [6.45, 7) is 0.197. The highest BCUT2D eigenvalue weighted by Gasteiger charge is 2.09. The van der Waals surface area contributed by atoms with Crippen LogP contribution in [0.5, 0.6) is 0 Å². The van der Waals surface area contributed by atoms with Crippen LogP contribution in [0.4, 0.5) is 11.4 Å². The van der Waals surface area contributed by atoms with E-state index in [2.05, 4.69) is 10.3 Å². The molecule has 24 heavy (non-hydrogen) atoms. The summed E-state index contributed by atoms with van der Waals surface area (Å²) in [6.07, 6.45) is 0. The lowest BCUT2D eigenvalue weighted by Gasteiger charge is -2.19. The highest BCUT2D eigenvalue weighted by atomic mass is 35.5. The fourth-order valence-corrected chi connectivity index (χ4v) is 2.96. The number of rotatable bonds is 4. The number of guanidine groups is 1. The fourth-order valence-electron chi connectivity index (χ4n) is 1.84. The molecule has 0 saturated heterocycles. The molecule has 0 aromatic heterocycles. The SMILES string of the molecule is CN(C(N)=NCNc1ccc(Cl)c(Cl)c1Cl)c1cc(Cl)cc(Cl)c1. The van der Waals surface area contributed by atoms with Crippen molar-refractivity contribution in [3.05, 3.63) is 55.4 Å². The van der Waals surface area contributed by atoms with E-state index in [1.807, 2.05) is 0 Å². The standard InChI is InChI=1S/C15H13Cl5N4/c1-24(10-5-8(16)4-9(17)6-10)15(21)23-7-22-12-3-2-11(18)13(19)14(12)20/h2-6,22H,7H2,1H3,(H2,21,23). The van der Waals surface area contributed by atoms with E-state index in [4.69, 9.17) is 63.7 Å². The molecular weight excluding hydrogens is 413 g/mol. The van der Waals surface area contributed by atoms with Gasteiger partial charge in [-0.1, -0.05) is 58.0 Å². The Morgan fingerprint density at radius 1 is 1.04 bits per heavy atom. The number of benzene rings is 2. The lowest BCUT2D eigenvalue weighted by Crippen LogP contribution is -2.34. The van der Waals surface area contributed by atoms with Crippen molar-refractivity contribution in [2.45, 2.75) is 0 Å². The third-order valence-electron chi connectivity index (χ3n) is 3.12. The van der Waals surface area contributed by atoms with E-state index in [1.165, 1.54) is 0 Å². The van der Waals surface area contributed by atoms with Crippen LogP contribution in [0, 0.1) is 0 Å². The first-order chi connectivity index (χ1) is 11.3. The number of nitrogens with zero attached hydrogens (tertiary/aromatic N) is 2. The van der Waals surface area contributed by atoms with Gasteiger partial charge in [-0.3, -0.25) is 0 Å². The van der Waals surface area contributed by atoms with E-state index in [-0.39, 0.29) is 17.7 Å². The lowest BCUT2D eigenvalue weighted by atomic mass is 10.3. The highest BCUT2D eigenvalue weighted by molar-refractivity contribution is 6.49. The molecule has 0 heterocycles. The van der Waals surface area contributed by atoms with E-state index >= 15 is 0 Å². The second-order valence-electron chi connectivity index (χ2n) is 4.76. The van der Waals surface area contributed by atoms with E-state index < -0.39 is 0 Å². The maximum atomic E-state index is 6.11. The Kier molecular flexibility index (Phi) is 6.72. The summed E-state index contributed by atoms with van der Waals surface area (Å²) in [7, 11) is 1.76. The van der Waals surface area contributed by atoms with Gasteiger partial charge in [-0.15, -0.1) is 0 Å². The van der Waals surface area contributed by atoms with Crippen molar-refractivity contribution in [2.75, 3.05) is 23.9 Å². The second-order valence-corrected chi connectivity index (χ2v) is 6.80. The molecule has 0 aliphatic rings. The topological polar surface area (TPSA) is 53.6 Å². The predicted octanol–water partition coefficient (Wildman–Crippen LogP) is 5.77. The molecule has 0 bridgehead atoms. The number of nitrogens with one attached hydrogen (secondary N) is 1. The zero-order valence-corrected chi connectivity index (χ0v) is 16.2. The average Bonchev–Trinajstić information content (AvgIpc) is 2.53. The van der Waals surface area contributed by atoms with Crippen molar-refractivity contribution < 1.29 is 0 Å². The number of hydrogen-bond donors (Lipinski definition) is 2. The third kappa shape index (κ3) is 4.74. The molecule has 0 fully saturated rings. The molecule has 9 heteroatoms. The quantitative estimate of drug-likeness (QED) is 0.370. The first-order valence-electron chi connectivity index (χ1n) is 6.66. The highest BCUT2D eigenvalue weighted by Crippen LogP contribution is 2.35. The zero-order chi connectivity index (χ0) is 17.9. The summed E-state index contributed by atoms with van der Waals surface area (Å²) in [6, 6.07) is 8.47. The maximum absolute atomic E-state index is 6.11. The molecule has 4 nitrogen and oxygen atoms in total. The molecule has 2 aromatic rings. The van der Waals surface area contributed by atoms with Crippen molar-refractivity contribution in [3.63, 3.8) is 0 Å². The average molecular weight is 427 g/mol. The molecule has 0 unspecified atom stereocenters. The first-order valence-corrected chi connectivity index (χ1v) is 8.55. The summed E-state index contributed by atoms with van der Waals surface area (Å²) < 4.78 is 0. The maximum Gasteiger partial charge on any atom is 0.197 e. The van der Waals surface area contributed by atoms with Crippen molar-refractivity contribution in [2.24, 2.45) is 10.7 Å². The Hall–Kier alpha value is -1.04. The molecule has 2 rings (SSSR count). The molecular formula is C15H13Cl5N4. The van der Waals surface area contributed by atoms with Crippen molar-refractivity contribution in [1.82, 2.24) is 0 Å². The molecule has 0 radical (unpaired) electrons. The van der Waals surface area contributed by atoms with Crippen LogP contribution in [0.2, 0.25) is 25.1 Å². The van der Waals surface area contributed by atoms with Gasteiger partial charge >= 0.3 is 0 Å². The van der Waals surface area contributed by atoms with E-state index in [1.54, 1.807) is 42.3 Å². The summed E-state index contributed by atoms with van der Waals surface area (Å²) >= 11 is 30.0. The summed E-state index contributed by atoms with van der Waals surface area (Å²) in [4.78, 5) is 5.90. The van der Waals surface area contributed by atoms with Crippen molar-refractivity contribution in [1.29, 1.82) is 0 Å². The molecule has 0 saturated carbocycles. The van der Waals surface area contributed by atoms with Gasteiger partial charge in [-0.05, 0) is 30.3 Å². The first kappa shape index (κ1) is 19.3. The minimum atomic E-state index is 0.197. The molecule has 0 aliphatic carbocycles. The lowest BCUT2D eigenvalue weighted by molar-refractivity contribution is 1.09. The molecule has 128 valence electrons. The molecule has 2 aromatic carbocycles. The van der Waals surface area contributed by atoms with E-state index in [9.17, 15) is 0 Å². The van der Waals surface area contributed by atoms with Gasteiger partial charge in [0.25, 0.3) is 0 Å². The predicted molar refractivity (Wildman–Crippen MR) is 106 cm³/mol. The number of anilines is 2. The van der Waals surface area contributed by atoms with Crippen LogP contribution in [0.1, 0.15) is 0 Å². The Balaban J connectivity index is 2.07. The monoisotopic (exact) mass is 424 g/mol. The summed E-state index contributed by atoms with van der Waals surface area (Å²) in [5.74, 6) is 0.275. The van der Waals surface area contributed by atoms with Crippen LogP contribution in [0.15, 0.2) is 35.3 Å². The molecule has 0 spiro atoms. The molecule has 0 amide bonds. The Morgan fingerprint density at radius 2 is 1.67 bits per heavy atom. The summed E-state index contributed by atoms with van der Waals surface area (Å²) in [5, 5.41) is 5.04. The molecule has 3 N–H and O–H groups in total. The Labute approximate surface area is 165 Å². The number of nitrogens with two attached hydrogens (primary N) is 1. The normalized spacial score (nSPS) is 11.5. The number of halogens is 5. The Bertz CT molecular complexity index is 758. The van der Waals surface area contributed by atoms with E-state index in [0.717, 1.165) is 5.69 Å². The fraction of sp³-hybridized carbons (Fsp3) is 0.133. The van der Waals surface area contributed by atoms with Crippen LogP contribution in [0.3, 0.4) is 0 Å². The molecule has 0 atom stereocenters. The van der Waals surface area contributed by atoms with Gasteiger partial charge in [-0.25, -0.2) is 4.99 Å². The van der Waals surface area contributed by atoms with Crippen LogP contribution >= 0.6 is 58.0 Å². The van der Waals surface area contributed by atoms with Gasteiger partial charge in [0.1, 0.15) is 6.67 Å². The van der Waals surface area contributed by atoms with Crippen LogP contribution < -0.4 is 16.0 Å². The van der Waals surface area contributed by atoms with Gasteiger partial charge < -0.3 is 16.0 Å². The van der Waals surface area contributed by atoms with Gasteiger partial charge in [0, 0.05) is 22.8 Å². The minimum absolute atomic E-state index is 0.197. The third-order valence-corrected chi connectivity index (χ3v) is 4.85. The van der Waals surface area contributed by atoms with Gasteiger partial charge in [0.05, 0.1) is 20.8 Å². The Morgan fingerprint density at radius 3 is 2.29 bits per heavy atom. The number of hydrogen-bond acceptors (Lipinski definition) is 2. The summed E-state index contributed by atoms with van der Waals surface area (Å²) in [5.41, 5.74) is 7.31. The minimum Gasteiger partial charge on any atom is -0.369 e. The van der Waals surface area contributed by atoms with Crippen molar-refractivity contribution >= 4 is 75.3 Å².